The highest BCUT2D eigenvalue weighted by Gasteiger charge is 2.24. The number of nitro benzene ring substituents is 1. The van der Waals surface area contributed by atoms with E-state index in [0.29, 0.717) is 17.3 Å². The van der Waals surface area contributed by atoms with E-state index < -0.39 is 4.92 Å². The molecule has 7 heteroatoms. The summed E-state index contributed by atoms with van der Waals surface area (Å²) in [4.78, 5) is 28.0. The van der Waals surface area contributed by atoms with Crippen LogP contribution in [-0.2, 0) is 0 Å². The number of nitrogens with zero attached hydrogens (tertiary/aromatic N) is 3. The second-order valence-electron chi connectivity index (χ2n) is 7.49. The first kappa shape index (κ1) is 19.8. The first-order valence-corrected chi connectivity index (χ1v) is 9.48. The zero-order valence-electron chi connectivity index (χ0n) is 16.5. The quantitative estimate of drug-likeness (QED) is 0.630. The number of rotatable bonds is 5. The summed E-state index contributed by atoms with van der Waals surface area (Å²) in [6.45, 7) is 7.33. The highest BCUT2D eigenvalue weighted by Crippen LogP contribution is 2.30. The normalized spacial score (nSPS) is 14.9. The zero-order chi connectivity index (χ0) is 20.3. The Morgan fingerprint density at radius 3 is 2.46 bits per heavy atom. The van der Waals surface area contributed by atoms with Crippen molar-refractivity contribution in [2.45, 2.75) is 19.8 Å². The number of nitro groups is 1. The van der Waals surface area contributed by atoms with Crippen LogP contribution in [-0.4, -0.2) is 49.0 Å². The molecule has 0 aromatic heterocycles. The van der Waals surface area contributed by atoms with Crippen molar-refractivity contribution in [2.24, 2.45) is 0 Å². The van der Waals surface area contributed by atoms with Crippen LogP contribution in [0.3, 0.4) is 0 Å². The molecule has 0 bridgehead atoms. The van der Waals surface area contributed by atoms with E-state index in [2.05, 4.69) is 24.1 Å². The number of benzene rings is 2. The third-order valence-electron chi connectivity index (χ3n) is 5.09. The fourth-order valence-corrected chi connectivity index (χ4v) is 3.30. The summed E-state index contributed by atoms with van der Waals surface area (Å²) >= 11 is 0. The smallest absolute Gasteiger partial charge is 0.293 e. The number of nitrogens with one attached hydrogen (secondary N) is 1. The van der Waals surface area contributed by atoms with Gasteiger partial charge in [-0.05, 0) is 42.8 Å². The Kier molecular flexibility index (Phi) is 5.94. The summed E-state index contributed by atoms with van der Waals surface area (Å²) in [5.74, 6) is -0.00487. The predicted octanol–water partition coefficient (Wildman–Crippen LogP) is 3.72. The zero-order valence-corrected chi connectivity index (χ0v) is 16.5. The molecule has 7 nitrogen and oxygen atoms in total. The molecule has 0 aliphatic carbocycles. The highest BCUT2D eigenvalue weighted by atomic mass is 16.6. The molecule has 2 aromatic rings. The molecule has 1 aliphatic heterocycles. The van der Waals surface area contributed by atoms with Crippen molar-refractivity contribution in [1.29, 1.82) is 0 Å². The lowest BCUT2D eigenvalue weighted by Crippen LogP contribution is -2.44. The lowest BCUT2D eigenvalue weighted by molar-refractivity contribution is -0.384. The number of amides is 1. The molecule has 0 radical (unpaired) electrons. The SMILES string of the molecule is CC(C)c1cccc(NC(=O)c2ccc(N3CCN(C)CC3)c([N+](=O)[O-])c2)c1. The van der Waals surface area contributed by atoms with Crippen molar-refractivity contribution in [3.63, 3.8) is 0 Å². The van der Waals surface area contributed by atoms with Crippen LogP contribution >= 0.6 is 0 Å². The molecule has 0 spiro atoms. The number of carbonyl (C=O) groups excluding carboxylic acids is 1. The van der Waals surface area contributed by atoms with Crippen LogP contribution in [0.5, 0.6) is 0 Å². The Morgan fingerprint density at radius 2 is 1.82 bits per heavy atom. The Hall–Kier alpha value is -2.93. The summed E-state index contributed by atoms with van der Waals surface area (Å²) in [7, 11) is 2.04. The lowest BCUT2D eigenvalue weighted by atomic mass is 10.0. The van der Waals surface area contributed by atoms with Crippen molar-refractivity contribution >= 4 is 23.0 Å². The Bertz CT molecular complexity index is 874. The maximum Gasteiger partial charge on any atom is 0.293 e. The molecule has 0 atom stereocenters. The Balaban J connectivity index is 1.82. The van der Waals surface area contributed by atoms with E-state index in [1.165, 1.54) is 6.07 Å². The van der Waals surface area contributed by atoms with Crippen LogP contribution in [0.25, 0.3) is 0 Å². The van der Waals surface area contributed by atoms with Crippen molar-refractivity contribution in [2.75, 3.05) is 43.4 Å². The maximum atomic E-state index is 12.6. The molecule has 28 heavy (non-hydrogen) atoms. The minimum Gasteiger partial charge on any atom is -0.363 e. The molecule has 3 rings (SSSR count). The van der Waals surface area contributed by atoms with Gasteiger partial charge in [0.25, 0.3) is 11.6 Å². The van der Waals surface area contributed by atoms with Gasteiger partial charge in [-0.3, -0.25) is 14.9 Å². The van der Waals surface area contributed by atoms with Gasteiger partial charge in [0.1, 0.15) is 5.69 Å². The molecular formula is C21H26N4O3. The van der Waals surface area contributed by atoms with E-state index in [-0.39, 0.29) is 17.2 Å². The minimum absolute atomic E-state index is 0.0341. The van der Waals surface area contributed by atoms with Crippen molar-refractivity contribution in [3.8, 4) is 0 Å². The van der Waals surface area contributed by atoms with Crippen LogP contribution in [0.1, 0.15) is 35.7 Å². The van der Waals surface area contributed by atoms with Gasteiger partial charge >= 0.3 is 0 Å². The number of likely N-dealkylation sites (N-methyl/N-ethyl adjacent to an activating group) is 1. The monoisotopic (exact) mass is 382 g/mol. The molecule has 148 valence electrons. The van der Waals surface area contributed by atoms with Gasteiger partial charge in [0.15, 0.2) is 0 Å². The van der Waals surface area contributed by atoms with E-state index in [1.54, 1.807) is 12.1 Å². The van der Waals surface area contributed by atoms with E-state index in [4.69, 9.17) is 0 Å². The van der Waals surface area contributed by atoms with Crippen LogP contribution < -0.4 is 10.2 Å². The molecule has 1 saturated heterocycles. The van der Waals surface area contributed by atoms with Gasteiger partial charge in [-0.2, -0.15) is 0 Å². The molecule has 0 unspecified atom stereocenters. The number of carbonyl (C=O) groups is 1. The third kappa shape index (κ3) is 4.48. The summed E-state index contributed by atoms with van der Waals surface area (Å²) in [5, 5.41) is 14.5. The average molecular weight is 382 g/mol. The number of hydrogen-bond acceptors (Lipinski definition) is 5. The van der Waals surface area contributed by atoms with Crippen LogP contribution in [0.15, 0.2) is 42.5 Å². The van der Waals surface area contributed by atoms with Crippen LogP contribution in [0, 0.1) is 10.1 Å². The van der Waals surface area contributed by atoms with E-state index in [0.717, 1.165) is 31.7 Å². The van der Waals surface area contributed by atoms with E-state index >= 15 is 0 Å². The molecule has 0 saturated carbocycles. The van der Waals surface area contributed by atoms with Crippen molar-refractivity contribution < 1.29 is 9.72 Å². The van der Waals surface area contributed by atoms with Crippen LogP contribution in [0.2, 0.25) is 0 Å². The number of hydrogen-bond donors (Lipinski definition) is 1. The van der Waals surface area contributed by atoms with Crippen LogP contribution in [0.4, 0.5) is 17.1 Å². The molecule has 1 amide bonds. The number of anilines is 2. The molecule has 2 aromatic carbocycles. The van der Waals surface area contributed by atoms with E-state index in [9.17, 15) is 14.9 Å². The molecular weight excluding hydrogens is 356 g/mol. The van der Waals surface area contributed by atoms with Gasteiger partial charge in [-0.1, -0.05) is 26.0 Å². The van der Waals surface area contributed by atoms with Gasteiger partial charge in [-0.15, -0.1) is 0 Å². The molecule has 1 aliphatic rings. The fraction of sp³-hybridized carbons (Fsp3) is 0.381. The maximum absolute atomic E-state index is 12.6. The Labute approximate surface area is 165 Å². The summed E-state index contributed by atoms with van der Waals surface area (Å²) in [6, 6.07) is 12.4. The molecule has 1 fully saturated rings. The fourth-order valence-electron chi connectivity index (χ4n) is 3.30. The summed E-state index contributed by atoms with van der Waals surface area (Å²) < 4.78 is 0. The highest BCUT2D eigenvalue weighted by molar-refractivity contribution is 6.05. The van der Waals surface area contributed by atoms with Crippen molar-refractivity contribution in [1.82, 2.24) is 4.90 Å². The number of piperazine rings is 1. The first-order chi connectivity index (χ1) is 13.3. The third-order valence-corrected chi connectivity index (χ3v) is 5.09. The topological polar surface area (TPSA) is 78.7 Å². The summed E-state index contributed by atoms with van der Waals surface area (Å²) in [6.07, 6.45) is 0. The second-order valence-corrected chi connectivity index (χ2v) is 7.49. The minimum atomic E-state index is -0.413. The van der Waals surface area contributed by atoms with Gasteiger partial charge in [0.2, 0.25) is 0 Å². The van der Waals surface area contributed by atoms with E-state index in [1.807, 2.05) is 36.2 Å². The van der Waals surface area contributed by atoms with Gasteiger partial charge in [0.05, 0.1) is 4.92 Å². The lowest BCUT2D eigenvalue weighted by Gasteiger charge is -2.33. The summed E-state index contributed by atoms with van der Waals surface area (Å²) in [5.41, 5.74) is 2.61. The average Bonchev–Trinajstić information content (AvgIpc) is 2.68. The standard InChI is InChI=1S/C21H26N4O3/c1-15(2)16-5-4-6-18(13-16)22-21(26)17-7-8-19(20(14-17)25(27)28)24-11-9-23(3)10-12-24/h4-8,13-15H,9-12H2,1-3H3,(H,22,26). The second kappa shape index (κ2) is 8.39. The Morgan fingerprint density at radius 1 is 1.11 bits per heavy atom. The van der Waals surface area contributed by atoms with Gasteiger partial charge in [0, 0.05) is 43.5 Å². The van der Waals surface area contributed by atoms with Gasteiger partial charge in [-0.25, -0.2) is 0 Å². The van der Waals surface area contributed by atoms with Crippen molar-refractivity contribution in [3.05, 3.63) is 63.7 Å². The first-order valence-electron chi connectivity index (χ1n) is 9.48. The predicted molar refractivity (Wildman–Crippen MR) is 111 cm³/mol. The largest absolute Gasteiger partial charge is 0.363 e. The molecule has 1 heterocycles. The molecule has 1 N–H and O–H groups in total. The van der Waals surface area contributed by atoms with Gasteiger partial charge < -0.3 is 15.1 Å².